The lowest BCUT2D eigenvalue weighted by Gasteiger charge is -2.40. The number of allylic oxidation sites excluding steroid dienone is 1. The summed E-state index contributed by atoms with van der Waals surface area (Å²) in [6.45, 7) is 3.92. The number of hydrogen-bond donors (Lipinski definition) is 1. The Balaban J connectivity index is 0.981. The van der Waals surface area contributed by atoms with Crippen molar-refractivity contribution in [3.05, 3.63) is 47.2 Å². The van der Waals surface area contributed by atoms with Crippen LogP contribution in [0.25, 0.3) is 10.9 Å². The molecule has 6 rings (SSSR count). The zero-order valence-electron chi connectivity index (χ0n) is 28.0. The topological polar surface area (TPSA) is 62.5 Å². The fourth-order valence-corrected chi connectivity index (χ4v) is 9.26. The highest BCUT2D eigenvalue weighted by molar-refractivity contribution is 5.88. The average Bonchev–Trinajstić information content (AvgIpc) is 3.59. The van der Waals surface area contributed by atoms with Crippen LogP contribution in [0.3, 0.4) is 0 Å². The molecule has 1 aliphatic heterocycles. The molecular weight excluding hydrogens is 556 g/mol. The molecule has 45 heavy (non-hydrogen) atoms. The third-order valence-corrected chi connectivity index (χ3v) is 11.8. The zero-order valence-corrected chi connectivity index (χ0v) is 28.0. The van der Waals surface area contributed by atoms with Crippen molar-refractivity contribution in [1.29, 1.82) is 0 Å². The van der Waals surface area contributed by atoms with Gasteiger partial charge in [-0.15, -0.1) is 0 Å². The number of amides is 1. The van der Waals surface area contributed by atoms with Gasteiger partial charge in [0.2, 0.25) is 5.91 Å². The molecule has 0 saturated heterocycles. The number of ketones is 1. The highest BCUT2D eigenvalue weighted by atomic mass is 16.3. The fourth-order valence-electron chi connectivity index (χ4n) is 9.26. The predicted octanol–water partition coefficient (Wildman–Crippen LogP) is 9.34. The maximum absolute atomic E-state index is 13.6. The minimum Gasteiger partial charge on any atom is -0.389 e. The first kappa shape index (κ1) is 32.5. The average molecular weight is 615 g/mol. The maximum Gasteiger partial charge on any atom is 0.223 e. The van der Waals surface area contributed by atoms with Crippen LogP contribution < -0.4 is 0 Å². The zero-order chi connectivity index (χ0) is 31.2. The second kappa shape index (κ2) is 15.5. The number of nitrogens with zero attached hydrogens (tertiary/aromatic N) is 2. The summed E-state index contributed by atoms with van der Waals surface area (Å²) in [5.74, 6) is 1.86. The Kier molecular flexibility index (Phi) is 11.2. The second-order valence-electron chi connectivity index (χ2n) is 14.8. The molecule has 0 bridgehead atoms. The van der Waals surface area contributed by atoms with Crippen molar-refractivity contribution >= 4 is 22.6 Å². The molecule has 0 radical (unpaired) electrons. The molecule has 1 amide bonds. The summed E-state index contributed by atoms with van der Waals surface area (Å²) < 4.78 is 2.56. The minimum atomic E-state index is -0.381. The van der Waals surface area contributed by atoms with Gasteiger partial charge in [-0.3, -0.25) is 9.59 Å². The van der Waals surface area contributed by atoms with E-state index in [0.29, 0.717) is 24.5 Å². The number of rotatable bonds is 14. The van der Waals surface area contributed by atoms with Crippen LogP contribution in [-0.2, 0) is 22.6 Å². The molecule has 0 spiro atoms. The smallest absolute Gasteiger partial charge is 0.223 e. The Morgan fingerprint density at radius 2 is 1.80 bits per heavy atom. The lowest BCUT2D eigenvalue weighted by atomic mass is 9.83. The van der Waals surface area contributed by atoms with E-state index in [1.54, 1.807) is 0 Å². The number of carbonyl (C=O) groups excluding carboxylic acids is 2. The number of aliphatic hydroxyl groups excluding tert-OH is 1. The van der Waals surface area contributed by atoms with E-state index in [1.807, 2.05) is 6.08 Å². The Morgan fingerprint density at radius 1 is 0.956 bits per heavy atom. The number of aliphatic hydroxyl groups is 1. The highest BCUT2D eigenvalue weighted by Crippen LogP contribution is 2.44. The van der Waals surface area contributed by atoms with Gasteiger partial charge in [-0.2, -0.15) is 0 Å². The van der Waals surface area contributed by atoms with Crippen molar-refractivity contribution in [1.82, 2.24) is 9.47 Å². The summed E-state index contributed by atoms with van der Waals surface area (Å²) in [7, 11) is 0. The molecule has 2 aromatic rings. The summed E-state index contributed by atoms with van der Waals surface area (Å²) in [5.41, 5.74) is 5.89. The summed E-state index contributed by atoms with van der Waals surface area (Å²) in [6, 6.07) is 7.56. The molecule has 246 valence electrons. The van der Waals surface area contributed by atoms with Crippen molar-refractivity contribution in [2.24, 2.45) is 11.8 Å². The number of unbranched alkanes of at least 4 members (excludes halogenated alkanes) is 5. The summed E-state index contributed by atoms with van der Waals surface area (Å²) >= 11 is 0. The van der Waals surface area contributed by atoms with Gasteiger partial charge in [-0.25, -0.2) is 0 Å². The molecule has 1 aromatic heterocycles. The van der Waals surface area contributed by atoms with Gasteiger partial charge in [0.05, 0.1) is 12.1 Å². The van der Waals surface area contributed by atoms with Gasteiger partial charge < -0.3 is 14.6 Å². The van der Waals surface area contributed by atoms with E-state index >= 15 is 0 Å². The number of Topliss-reactive ketones (excluding diaryl/α,β-unsaturated/α-hetero) is 1. The Bertz CT molecular complexity index is 1330. The van der Waals surface area contributed by atoms with Crippen molar-refractivity contribution in [3.8, 4) is 0 Å². The van der Waals surface area contributed by atoms with E-state index in [2.05, 4.69) is 40.7 Å². The van der Waals surface area contributed by atoms with Crippen LogP contribution >= 0.6 is 0 Å². The SMILES string of the molecule is CCCCC[C@H](O)/C=C/[C@H]1CCC(=O)[C@@H]1CCCCCCC(=O)N1CCn2c3c(c4cc(C5CCCCC5)ccc42)CCCC31. The van der Waals surface area contributed by atoms with Crippen molar-refractivity contribution < 1.29 is 14.7 Å². The molecule has 1 unspecified atom stereocenters. The standard InChI is InChI=1S/C40H58N2O3/c1-2-3-7-15-32(43)23-20-30-22-25-38(44)33(30)16-10-4-5-11-19-39(45)41-26-27-42-36-24-21-31(29-13-8-6-9-14-29)28-35(36)34-17-12-18-37(41)40(34)42/h20-21,23-24,28-30,32-33,37,43H,2-19,22,25-27H2,1H3/b23-20+/t30-,32-,33+,37?/m0/s1. The van der Waals surface area contributed by atoms with E-state index in [4.69, 9.17) is 0 Å². The predicted molar refractivity (Wildman–Crippen MR) is 183 cm³/mol. The molecule has 1 N–H and O–H groups in total. The summed E-state index contributed by atoms with van der Waals surface area (Å²) in [5, 5.41) is 11.7. The number of carbonyl (C=O) groups is 2. The minimum absolute atomic E-state index is 0.116. The van der Waals surface area contributed by atoms with Crippen LogP contribution in [0.4, 0.5) is 0 Å². The van der Waals surface area contributed by atoms with Gasteiger partial charge >= 0.3 is 0 Å². The van der Waals surface area contributed by atoms with E-state index < -0.39 is 0 Å². The quantitative estimate of drug-likeness (QED) is 0.170. The molecule has 5 heteroatoms. The molecule has 3 aliphatic carbocycles. The number of fused-ring (bicyclic) bond motifs is 3. The number of aryl methyl sites for hydroxylation is 1. The Hall–Kier alpha value is -2.40. The fraction of sp³-hybridized carbons (Fsp3) is 0.700. The lowest BCUT2D eigenvalue weighted by Crippen LogP contribution is -2.43. The van der Waals surface area contributed by atoms with Crippen LogP contribution in [-0.4, -0.2) is 38.9 Å². The first-order chi connectivity index (χ1) is 22.0. The number of aromatic nitrogens is 1. The molecule has 2 saturated carbocycles. The molecule has 5 nitrogen and oxygen atoms in total. The van der Waals surface area contributed by atoms with Gasteiger partial charge in [-0.1, -0.05) is 82.9 Å². The van der Waals surface area contributed by atoms with E-state index in [0.717, 1.165) is 96.1 Å². The third kappa shape index (κ3) is 7.45. The van der Waals surface area contributed by atoms with Gasteiger partial charge in [0.15, 0.2) is 0 Å². The number of benzene rings is 1. The first-order valence-corrected chi connectivity index (χ1v) is 18.9. The molecule has 2 heterocycles. The summed E-state index contributed by atoms with van der Waals surface area (Å²) in [6.07, 6.45) is 25.4. The molecule has 1 aromatic carbocycles. The molecular formula is C40H58N2O3. The first-order valence-electron chi connectivity index (χ1n) is 18.9. The van der Waals surface area contributed by atoms with Gasteiger partial charge in [-0.05, 0) is 92.9 Å². The molecule has 4 atom stereocenters. The van der Waals surface area contributed by atoms with Crippen LogP contribution in [0.15, 0.2) is 30.4 Å². The second-order valence-corrected chi connectivity index (χ2v) is 14.8. The van der Waals surface area contributed by atoms with Crippen LogP contribution in [0.5, 0.6) is 0 Å². The van der Waals surface area contributed by atoms with Gasteiger partial charge in [0.1, 0.15) is 5.78 Å². The largest absolute Gasteiger partial charge is 0.389 e. The van der Waals surface area contributed by atoms with Crippen LogP contribution in [0, 0.1) is 11.8 Å². The Morgan fingerprint density at radius 3 is 2.64 bits per heavy atom. The normalized spacial score (nSPS) is 24.5. The Labute approximate surface area is 271 Å². The maximum atomic E-state index is 13.6. The molecule has 2 fully saturated rings. The van der Waals surface area contributed by atoms with Crippen molar-refractivity contribution in [2.45, 2.75) is 160 Å². The van der Waals surface area contributed by atoms with E-state index in [-0.39, 0.29) is 24.0 Å². The van der Waals surface area contributed by atoms with Crippen molar-refractivity contribution in [3.63, 3.8) is 0 Å². The van der Waals surface area contributed by atoms with Crippen LogP contribution in [0.1, 0.15) is 158 Å². The van der Waals surface area contributed by atoms with E-state index in [9.17, 15) is 14.7 Å². The van der Waals surface area contributed by atoms with Gasteiger partial charge in [0, 0.05) is 48.4 Å². The van der Waals surface area contributed by atoms with E-state index in [1.165, 1.54) is 66.2 Å². The van der Waals surface area contributed by atoms with Gasteiger partial charge in [0.25, 0.3) is 0 Å². The van der Waals surface area contributed by atoms with Crippen molar-refractivity contribution in [2.75, 3.05) is 6.54 Å². The summed E-state index contributed by atoms with van der Waals surface area (Å²) in [4.78, 5) is 28.4. The van der Waals surface area contributed by atoms with Crippen LogP contribution in [0.2, 0.25) is 0 Å². The third-order valence-electron chi connectivity index (χ3n) is 11.8. The molecule has 4 aliphatic rings. The highest BCUT2D eigenvalue weighted by Gasteiger charge is 2.37. The monoisotopic (exact) mass is 614 g/mol. The number of hydrogen-bond acceptors (Lipinski definition) is 3. The lowest BCUT2D eigenvalue weighted by molar-refractivity contribution is -0.135.